The van der Waals surface area contributed by atoms with E-state index in [0.717, 1.165) is 19.5 Å². The van der Waals surface area contributed by atoms with Gasteiger partial charge in [0.15, 0.2) is 13.4 Å². The van der Waals surface area contributed by atoms with Crippen molar-refractivity contribution in [2.75, 3.05) is 25.0 Å². The SMILES string of the molecule is C[C@@H](CO[Si](C)(C)C(C)(C)C)Oc1cc(Oc2ccc(C(=O)N3CCC3)nc2)cc(C(=O)Nc2nccs2)c1. The van der Waals surface area contributed by atoms with Gasteiger partial charge in [0.05, 0.1) is 12.8 Å². The van der Waals surface area contributed by atoms with E-state index >= 15 is 0 Å². The number of likely N-dealkylation sites (tertiary alicyclic amines) is 1. The maximum absolute atomic E-state index is 13.0. The molecule has 1 N–H and O–H groups in total. The summed E-state index contributed by atoms with van der Waals surface area (Å²) in [5, 5.41) is 5.17. The second-order valence-electron chi connectivity index (χ2n) is 11.1. The van der Waals surface area contributed by atoms with Crippen LogP contribution in [0.3, 0.4) is 0 Å². The summed E-state index contributed by atoms with van der Waals surface area (Å²) in [7, 11) is -1.94. The molecule has 3 aromatic rings. The minimum atomic E-state index is -1.94. The first kappa shape index (κ1) is 28.7. The third-order valence-electron chi connectivity index (χ3n) is 6.95. The standard InChI is InChI=1S/C28H36N4O5SSi/c1-19(18-35-39(5,6)28(2,3)4)36-22-14-20(25(33)31-27-29-10-13-38-27)15-23(16-22)37-21-8-9-24(30-17-21)26(34)32-11-7-12-32/h8-10,13-17,19H,7,11-12,18H2,1-6H3,(H,29,31,33)/t19-/m0/s1. The van der Waals surface area contributed by atoms with E-state index in [0.29, 0.717) is 40.2 Å². The van der Waals surface area contributed by atoms with E-state index in [1.54, 1.807) is 46.8 Å². The number of amides is 2. The number of ether oxygens (including phenoxy) is 2. The third kappa shape index (κ3) is 7.43. The fraction of sp³-hybridized carbons (Fsp3) is 0.429. The molecule has 1 aliphatic heterocycles. The largest absolute Gasteiger partial charge is 0.488 e. The summed E-state index contributed by atoms with van der Waals surface area (Å²) < 4.78 is 18.5. The Balaban J connectivity index is 1.51. The molecule has 0 saturated carbocycles. The van der Waals surface area contributed by atoms with Gasteiger partial charge < -0.3 is 18.8 Å². The number of pyridine rings is 1. The molecule has 2 aromatic heterocycles. The number of anilines is 1. The smallest absolute Gasteiger partial charge is 0.272 e. The number of rotatable bonds is 10. The molecule has 2 amide bonds. The molecule has 1 saturated heterocycles. The van der Waals surface area contributed by atoms with Crippen molar-refractivity contribution in [1.82, 2.24) is 14.9 Å². The lowest BCUT2D eigenvalue weighted by Crippen LogP contribution is -2.43. The van der Waals surface area contributed by atoms with Gasteiger partial charge in [0.25, 0.3) is 11.8 Å². The number of hydrogen-bond acceptors (Lipinski definition) is 8. The molecule has 0 unspecified atom stereocenters. The molecule has 0 bridgehead atoms. The van der Waals surface area contributed by atoms with E-state index in [1.807, 2.05) is 6.92 Å². The van der Waals surface area contributed by atoms with Gasteiger partial charge in [-0.3, -0.25) is 14.9 Å². The highest BCUT2D eigenvalue weighted by Crippen LogP contribution is 2.37. The van der Waals surface area contributed by atoms with Gasteiger partial charge >= 0.3 is 0 Å². The van der Waals surface area contributed by atoms with Crippen LogP contribution < -0.4 is 14.8 Å². The lowest BCUT2D eigenvalue weighted by atomic mass is 10.2. The normalized spacial score (nSPS) is 14.4. The first-order valence-electron chi connectivity index (χ1n) is 13.0. The van der Waals surface area contributed by atoms with Crippen LogP contribution in [-0.2, 0) is 4.43 Å². The quantitative estimate of drug-likeness (QED) is 0.290. The van der Waals surface area contributed by atoms with Gasteiger partial charge in [-0.25, -0.2) is 9.97 Å². The fourth-order valence-electron chi connectivity index (χ4n) is 3.48. The summed E-state index contributed by atoms with van der Waals surface area (Å²) in [5.41, 5.74) is 0.728. The predicted octanol–water partition coefficient (Wildman–Crippen LogP) is 6.22. The Morgan fingerprint density at radius 1 is 1.10 bits per heavy atom. The van der Waals surface area contributed by atoms with Crippen LogP contribution in [0.2, 0.25) is 18.1 Å². The Morgan fingerprint density at radius 3 is 2.44 bits per heavy atom. The number of hydrogen-bond donors (Lipinski definition) is 1. The predicted molar refractivity (Wildman–Crippen MR) is 155 cm³/mol. The molecule has 4 rings (SSSR count). The van der Waals surface area contributed by atoms with Gasteiger partial charge in [0.1, 0.15) is 29.0 Å². The maximum Gasteiger partial charge on any atom is 0.272 e. The number of benzene rings is 1. The van der Waals surface area contributed by atoms with Crippen LogP contribution in [0.1, 0.15) is 55.0 Å². The average molecular weight is 569 g/mol. The van der Waals surface area contributed by atoms with Crippen molar-refractivity contribution in [3.63, 3.8) is 0 Å². The van der Waals surface area contributed by atoms with E-state index in [1.165, 1.54) is 17.5 Å². The molecule has 0 spiro atoms. The molecular weight excluding hydrogens is 532 g/mol. The van der Waals surface area contributed by atoms with Crippen molar-refractivity contribution in [3.05, 3.63) is 59.4 Å². The summed E-state index contributed by atoms with van der Waals surface area (Å²) >= 11 is 1.33. The second-order valence-corrected chi connectivity index (χ2v) is 16.8. The van der Waals surface area contributed by atoms with Crippen molar-refractivity contribution in [2.24, 2.45) is 0 Å². The summed E-state index contributed by atoms with van der Waals surface area (Å²) in [6, 6.07) is 8.37. The molecule has 39 heavy (non-hydrogen) atoms. The van der Waals surface area contributed by atoms with Gasteiger partial charge in [-0.05, 0) is 55.7 Å². The topological polar surface area (TPSA) is 103 Å². The monoisotopic (exact) mass is 568 g/mol. The number of thiazole rings is 1. The molecule has 0 radical (unpaired) electrons. The molecule has 208 valence electrons. The minimum Gasteiger partial charge on any atom is -0.488 e. The van der Waals surface area contributed by atoms with Crippen LogP contribution in [0.25, 0.3) is 0 Å². The first-order valence-corrected chi connectivity index (χ1v) is 16.8. The van der Waals surface area contributed by atoms with Crippen molar-refractivity contribution < 1.29 is 23.5 Å². The van der Waals surface area contributed by atoms with E-state index in [-0.39, 0.29) is 23.0 Å². The van der Waals surface area contributed by atoms with E-state index in [9.17, 15) is 9.59 Å². The number of aromatic nitrogens is 2. The van der Waals surface area contributed by atoms with Gasteiger partial charge in [0.2, 0.25) is 0 Å². The van der Waals surface area contributed by atoms with Crippen LogP contribution >= 0.6 is 11.3 Å². The summed E-state index contributed by atoms with van der Waals surface area (Å²) in [6.07, 6.45) is 3.90. The maximum atomic E-state index is 13.0. The van der Waals surface area contributed by atoms with Crippen LogP contribution in [0.4, 0.5) is 5.13 Å². The lowest BCUT2D eigenvalue weighted by molar-refractivity contribution is 0.0645. The van der Waals surface area contributed by atoms with Gasteiger partial charge in [0, 0.05) is 36.3 Å². The fourth-order valence-corrected chi connectivity index (χ4v) is 5.09. The Hall–Kier alpha value is -3.28. The minimum absolute atomic E-state index is 0.0850. The zero-order valence-corrected chi connectivity index (χ0v) is 25.1. The zero-order chi connectivity index (χ0) is 28.2. The molecule has 0 aliphatic carbocycles. The van der Waals surface area contributed by atoms with E-state index in [4.69, 9.17) is 13.9 Å². The van der Waals surface area contributed by atoms with Gasteiger partial charge in [-0.2, -0.15) is 0 Å². The van der Waals surface area contributed by atoms with Crippen molar-refractivity contribution in [3.8, 4) is 17.2 Å². The summed E-state index contributed by atoms with van der Waals surface area (Å²) in [6.45, 7) is 14.9. The Bertz CT molecular complexity index is 1290. The van der Waals surface area contributed by atoms with Gasteiger partial charge in [-0.1, -0.05) is 20.8 Å². The first-order chi connectivity index (χ1) is 18.4. The average Bonchev–Trinajstić information content (AvgIpc) is 3.34. The third-order valence-corrected chi connectivity index (χ3v) is 12.1. The van der Waals surface area contributed by atoms with Crippen molar-refractivity contribution >= 4 is 36.6 Å². The Morgan fingerprint density at radius 2 is 1.85 bits per heavy atom. The van der Waals surface area contributed by atoms with Crippen molar-refractivity contribution in [1.29, 1.82) is 0 Å². The molecule has 3 heterocycles. The molecule has 1 fully saturated rings. The second kappa shape index (κ2) is 11.8. The summed E-state index contributed by atoms with van der Waals surface area (Å²) in [5.74, 6) is 0.892. The van der Waals surface area contributed by atoms with Gasteiger partial charge in [-0.15, -0.1) is 11.3 Å². The van der Waals surface area contributed by atoms with Crippen LogP contribution in [-0.4, -0.2) is 60.8 Å². The molecule has 9 nitrogen and oxygen atoms in total. The summed E-state index contributed by atoms with van der Waals surface area (Å²) in [4.78, 5) is 35.6. The van der Waals surface area contributed by atoms with Crippen LogP contribution in [0, 0.1) is 0 Å². The number of nitrogens with one attached hydrogen (secondary N) is 1. The molecule has 1 aromatic carbocycles. The highest BCUT2D eigenvalue weighted by Gasteiger charge is 2.37. The van der Waals surface area contributed by atoms with Crippen molar-refractivity contribution in [2.45, 2.75) is 58.4 Å². The number of nitrogens with zero attached hydrogens (tertiary/aromatic N) is 3. The number of carbonyl (C=O) groups is 2. The number of carbonyl (C=O) groups excluding carboxylic acids is 2. The Kier molecular flexibility index (Phi) is 8.72. The highest BCUT2D eigenvalue weighted by atomic mass is 32.1. The molecule has 1 aliphatic rings. The van der Waals surface area contributed by atoms with E-state index in [2.05, 4.69) is 49.1 Å². The highest BCUT2D eigenvalue weighted by molar-refractivity contribution is 7.13. The van der Waals surface area contributed by atoms with E-state index < -0.39 is 8.32 Å². The van der Waals surface area contributed by atoms with Crippen LogP contribution in [0.15, 0.2) is 48.1 Å². The lowest BCUT2D eigenvalue weighted by Gasteiger charge is -2.36. The molecule has 11 heteroatoms. The molecular formula is C28H36N4O5SSi. The zero-order valence-electron chi connectivity index (χ0n) is 23.3. The molecule has 1 atom stereocenters. The Labute approximate surface area is 234 Å². The van der Waals surface area contributed by atoms with Crippen LogP contribution in [0.5, 0.6) is 17.2 Å².